The predicted octanol–water partition coefficient (Wildman–Crippen LogP) is 1.51. The second kappa shape index (κ2) is 7.74. The molecule has 0 spiro atoms. The lowest BCUT2D eigenvalue weighted by atomic mass is 10.2. The van der Waals surface area contributed by atoms with Gasteiger partial charge in [-0.2, -0.15) is 0 Å². The molecule has 1 rings (SSSR count). The van der Waals surface area contributed by atoms with Crippen LogP contribution in [0.5, 0.6) is 0 Å². The Morgan fingerprint density at radius 2 is 2.05 bits per heavy atom. The molecular formula is C14H22FN3O. The zero-order chi connectivity index (χ0) is 14.3. The van der Waals surface area contributed by atoms with Crippen LogP contribution >= 0.6 is 0 Å². The van der Waals surface area contributed by atoms with Gasteiger partial charge in [-0.15, -0.1) is 0 Å². The summed E-state index contributed by atoms with van der Waals surface area (Å²) >= 11 is 0. The van der Waals surface area contributed by atoms with Gasteiger partial charge in [-0.1, -0.05) is 13.0 Å². The van der Waals surface area contributed by atoms with E-state index in [2.05, 4.69) is 10.6 Å². The fourth-order valence-electron chi connectivity index (χ4n) is 1.79. The molecule has 0 atom stereocenters. The van der Waals surface area contributed by atoms with Crippen molar-refractivity contribution in [3.8, 4) is 0 Å². The maximum Gasteiger partial charge on any atom is 0.239 e. The van der Waals surface area contributed by atoms with Crippen molar-refractivity contribution in [2.24, 2.45) is 0 Å². The molecule has 0 unspecified atom stereocenters. The average Bonchev–Trinajstić information content (AvgIpc) is 2.36. The minimum atomic E-state index is -0.304. The van der Waals surface area contributed by atoms with Crippen molar-refractivity contribution in [2.75, 3.05) is 31.6 Å². The normalized spacial score (nSPS) is 10.3. The van der Waals surface area contributed by atoms with Crippen LogP contribution in [0.2, 0.25) is 0 Å². The Hall–Kier alpha value is -1.62. The molecule has 0 aliphatic carbocycles. The largest absolute Gasteiger partial charge is 0.363 e. The molecule has 1 aromatic rings. The summed E-state index contributed by atoms with van der Waals surface area (Å²) in [6.07, 6.45) is 0. The standard InChI is InChI=1S/C14H22FN3O/c1-4-16-9-11-6-7-13(12(15)8-11)18(3)10-14(19)17-5-2/h6-8,16H,4-5,9-10H2,1-3H3,(H,17,19). The summed E-state index contributed by atoms with van der Waals surface area (Å²) in [7, 11) is 1.71. The predicted molar refractivity (Wildman–Crippen MR) is 75.7 cm³/mol. The van der Waals surface area contributed by atoms with Crippen molar-refractivity contribution in [1.29, 1.82) is 0 Å². The van der Waals surface area contributed by atoms with E-state index in [0.29, 0.717) is 18.8 Å². The van der Waals surface area contributed by atoms with Crippen LogP contribution in [-0.4, -0.2) is 32.6 Å². The van der Waals surface area contributed by atoms with Crippen molar-refractivity contribution < 1.29 is 9.18 Å². The number of halogens is 1. The van der Waals surface area contributed by atoms with Crippen molar-refractivity contribution in [2.45, 2.75) is 20.4 Å². The summed E-state index contributed by atoms with van der Waals surface area (Å²) in [4.78, 5) is 13.1. The summed E-state index contributed by atoms with van der Waals surface area (Å²) in [5.74, 6) is -0.414. The maximum atomic E-state index is 14.0. The van der Waals surface area contributed by atoms with Gasteiger partial charge in [-0.25, -0.2) is 4.39 Å². The first-order valence-corrected chi connectivity index (χ1v) is 6.55. The third-order valence-corrected chi connectivity index (χ3v) is 2.76. The van der Waals surface area contributed by atoms with E-state index in [9.17, 15) is 9.18 Å². The Bertz CT molecular complexity index is 423. The molecule has 0 aromatic heterocycles. The molecule has 0 radical (unpaired) electrons. The molecule has 0 heterocycles. The number of nitrogens with zero attached hydrogens (tertiary/aromatic N) is 1. The monoisotopic (exact) mass is 267 g/mol. The van der Waals surface area contributed by atoms with Gasteiger partial charge in [0.2, 0.25) is 5.91 Å². The number of carbonyl (C=O) groups is 1. The Balaban J connectivity index is 2.69. The van der Waals surface area contributed by atoms with E-state index < -0.39 is 0 Å². The maximum absolute atomic E-state index is 14.0. The van der Waals surface area contributed by atoms with Gasteiger partial charge >= 0.3 is 0 Å². The van der Waals surface area contributed by atoms with Crippen LogP contribution < -0.4 is 15.5 Å². The van der Waals surface area contributed by atoms with Crippen LogP contribution in [-0.2, 0) is 11.3 Å². The third kappa shape index (κ3) is 4.87. The number of amides is 1. The minimum Gasteiger partial charge on any atom is -0.363 e. The molecule has 0 saturated carbocycles. The zero-order valence-corrected chi connectivity index (χ0v) is 11.8. The molecule has 0 aliphatic rings. The molecule has 0 aliphatic heterocycles. The van der Waals surface area contributed by atoms with E-state index in [0.717, 1.165) is 12.1 Å². The van der Waals surface area contributed by atoms with Gasteiger partial charge in [0.1, 0.15) is 5.82 Å². The van der Waals surface area contributed by atoms with Gasteiger partial charge in [0.25, 0.3) is 0 Å². The van der Waals surface area contributed by atoms with Gasteiger partial charge in [0.05, 0.1) is 12.2 Å². The first-order valence-electron chi connectivity index (χ1n) is 6.55. The zero-order valence-electron chi connectivity index (χ0n) is 11.8. The van der Waals surface area contributed by atoms with Crippen molar-refractivity contribution in [3.05, 3.63) is 29.6 Å². The van der Waals surface area contributed by atoms with E-state index in [1.54, 1.807) is 18.0 Å². The lowest BCUT2D eigenvalue weighted by Crippen LogP contribution is -2.35. The second-order valence-electron chi connectivity index (χ2n) is 4.38. The molecule has 0 saturated heterocycles. The van der Waals surface area contributed by atoms with Crippen LogP contribution in [0.3, 0.4) is 0 Å². The highest BCUT2D eigenvalue weighted by Crippen LogP contribution is 2.19. The fourth-order valence-corrected chi connectivity index (χ4v) is 1.79. The number of hydrogen-bond acceptors (Lipinski definition) is 3. The van der Waals surface area contributed by atoms with Gasteiger partial charge < -0.3 is 15.5 Å². The van der Waals surface area contributed by atoms with Crippen LogP contribution in [0.4, 0.5) is 10.1 Å². The van der Waals surface area contributed by atoms with E-state index in [-0.39, 0.29) is 18.3 Å². The van der Waals surface area contributed by atoms with Gasteiger partial charge in [0.15, 0.2) is 0 Å². The van der Waals surface area contributed by atoms with Crippen LogP contribution in [0, 0.1) is 5.82 Å². The Morgan fingerprint density at radius 1 is 1.32 bits per heavy atom. The smallest absolute Gasteiger partial charge is 0.239 e. The molecular weight excluding hydrogens is 245 g/mol. The molecule has 4 nitrogen and oxygen atoms in total. The molecule has 19 heavy (non-hydrogen) atoms. The lowest BCUT2D eigenvalue weighted by Gasteiger charge is -2.19. The molecule has 2 N–H and O–H groups in total. The number of anilines is 1. The second-order valence-corrected chi connectivity index (χ2v) is 4.38. The Labute approximate surface area is 114 Å². The summed E-state index contributed by atoms with van der Waals surface area (Å²) in [5.41, 5.74) is 1.33. The number of rotatable bonds is 7. The number of likely N-dealkylation sites (N-methyl/N-ethyl adjacent to an activating group) is 2. The van der Waals surface area contributed by atoms with Crippen LogP contribution in [0.1, 0.15) is 19.4 Å². The fraction of sp³-hybridized carbons (Fsp3) is 0.500. The number of hydrogen-bond donors (Lipinski definition) is 2. The number of carbonyl (C=O) groups excluding carboxylic acids is 1. The minimum absolute atomic E-state index is 0.110. The van der Waals surface area contributed by atoms with Crippen molar-refractivity contribution >= 4 is 11.6 Å². The van der Waals surface area contributed by atoms with E-state index in [1.165, 1.54) is 6.07 Å². The number of nitrogens with one attached hydrogen (secondary N) is 2. The topological polar surface area (TPSA) is 44.4 Å². The Morgan fingerprint density at radius 3 is 2.63 bits per heavy atom. The van der Waals surface area contributed by atoms with Crippen LogP contribution in [0.15, 0.2) is 18.2 Å². The molecule has 1 aromatic carbocycles. The van der Waals surface area contributed by atoms with Crippen molar-refractivity contribution in [1.82, 2.24) is 10.6 Å². The van der Waals surface area contributed by atoms with Gasteiger partial charge in [-0.05, 0) is 31.2 Å². The molecule has 5 heteroatoms. The first kappa shape index (κ1) is 15.4. The van der Waals surface area contributed by atoms with E-state index in [1.807, 2.05) is 19.9 Å². The first-order chi connectivity index (χ1) is 9.08. The van der Waals surface area contributed by atoms with E-state index >= 15 is 0 Å². The van der Waals surface area contributed by atoms with Gasteiger partial charge in [0, 0.05) is 20.1 Å². The van der Waals surface area contributed by atoms with E-state index in [4.69, 9.17) is 0 Å². The summed E-state index contributed by atoms with van der Waals surface area (Å²) in [5, 5.41) is 5.84. The summed E-state index contributed by atoms with van der Waals surface area (Å²) < 4.78 is 14.0. The molecule has 1 amide bonds. The number of benzene rings is 1. The molecule has 0 bridgehead atoms. The van der Waals surface area contributed by atoms with Crippen molar-refractivity contribution in [3.63, 3.8) is 0 Å². The van der Waals surface area contributed by atoms with Gasteiger partial charge in [-0.3, -0.25) is 4.79 Å². The highest BCUT2D eigenvalue weighted by molar-refractivity contribution is 5.81. The molecule has 0 fully saturated rings. The third-order valence-electron chi connectivity index (χ3n) is 2.76. The average molecular weight is 267 g/mol. The summed E-state index contributed by atoms with van der Waals surface area (Å²) in [6.45, 7) is 6.08. The SMILES string of the molecule is CCNCc1ccc(N(C)CC(=O)NCC)c(F)c1. The lowest BCUT2D eigenvalue weighted by molar-refractivity contribution is -0.119. The highest BCUT2D eigenvalue weighted by Gasteiger charge is 2.11. The molecule has 106 valence electrons. The van der Waals surface area contributed by atoms with Crippen LogP contribution in [0.25, 0.3) is 0 Å². The summed E-state index contributed by atoms with van der Waals surface area (Å²) in [6, 6.07) is 5.09. The Kier molecular flexibility index (Phi) is 6.29. The quantitative estimate of drug-likeness (QED) is 0.787. The highest BCUT2D eigenvalue weighted by atomic mass is 19.1.